The summed E-state index contributed by atoms with van der Waals surface area (Å²) >= 11 is 0. The van der Waals surface area contributed by atoms with Gasteiger partial charge in [0.05, 0.1) is 5.52 Å². The van der Waals surface area contributed by atoms with Gasteiger partial charge in [-0.25, -0.2) is 0 Å². The van der Waals surface area contributed by atoms with E-state index < -0.39 is 0 Å². The Morgan fingerprint density at radius 1 is 1.12 bits per heavy atom. The van der Waals surface area contributed by atoms with Crippen LogP contribution in [-0.4, -0.2) is 10.5 Å². The first kappa shape index (κ1) is 12.1. The van der Waals surface area contributed by atoms with E-state index in [1.54, 1.807) is 0 Å². The number of aromatic nitrogens is 1. The lowest BCUT2D eigenvalue weighted by Gasteiger charge is -2.20. The van der Waals surface area contributed by atoms with Gasteiger partial charge in [0, 0.05) is 23.2 Å². The zero-order valence-electron chi connectivity index (χ0n) is 11.0. The lowest BCUT2D eigenvalue weighted by atomic mass is 10.1. The SMILES string of the molecule is Cc1ccc2cc(CNC(C)(C)C)ccc2n1. The molecule has 0 aliphatic heterocycles. The molecule has 1 aromatic carbocycles. The number of fused-ring (bicyclic) bond motifs is 1. The van der Waals surface area contributed by atoms with Crippen LogP contribution >= 0.6 is 0 Å². The van der Waals surface area contributed by atoms with Gasteiger partial charge in [-0.3, -0.25) is 4.98 Å². The Morgan fingerprint density at radius 2 is 1.88 bits per heavy atom. The second kappa shape index (κ2) is 4.46. The van der Waals surface area contributed by atoms with Crippen LogP contribution in [0.5, 0.6) is 0 Å². The molecule has 0 saturated carbocycles. The fourth-order valence-electron chi connectivity index (χ4n) is 1.75. The van der Waals surface area contributed by atoms with Gasteiger partial charge in [-0.05, 0) is 51.5 Å². The standard InChI is InChI=1S/C15H20N2/c1-11-5-7-13-9-12(6-8-14(13)17-11)10-16-15(2,3)4/h5-9,16H,10H2,1-4H3. The van der Waals surface area contributed by atoms with E-state index in [4.69, 9.17) is 0 Å². The molecule has 2 nitrogen and oxygen atoms in total. The molecule has 1 heterocycles. The van der Waals surface area contributed by atoms with Crippen LogP contribution in [0.4, 0.5) is 0 Å². The quantitative estimate of drug-likeness (QED) is 0.851. The summed E-state index contributed by atoms with van der Waals surface area (Å²) in [5.41, 5.74) is 3.60. The maximum atomic E-state index is 4.51. The zero-order valence-corrected chi connectivity index (χ0v) is 11.0. The van der Waals surface area contributed by atoms with Gasteiger partial charge in [-0.2, -0.15) is 0 Å². The lowest BCUT2D eigenvalue weighted by Crippen LogP contribution is -2.35. The summed E-state index contributed by atoms with van der Waals surface area (Å²) in [6, 6.07) is 10.7. The summed E-state index contributed by atoms with van der Waals surface area (Å²) in [5.74, 6) is 0. The predicted molar refractivity (Wildman–Crippen MR) is 73.1 cm³/mol. The van der Waals surface area contributed by atoms with Gasteiger partial charge in [0.15, 0.2) is 0 Å². The van der Waals surface area contributed by atoms with E-state index in [9.17, 15) is 0 Å². The highest BCUT2D eigenvalue weighted by Crippen LogP contribution is 2.15. The minimum absolute atomic E-state index is 0.153. The van der Waals surface area contributed by atoms with Crippen LogP contribution in [-0.2, 0) is 6.54 Å². The highest BCUT2D eigenvalue weighted by molar-refractivity contribution is 5.79. The minimum atomic E-state index is 0.153. The zero-order chi connectivity index (χ0) is 12.5. The maximum Gasteiger partial charge on any atom is 0.0705 e. The third-order valence-corrected chi connectivity index (χ3v) is 2.72. The van der Waals surface area contributed by atoms with Crippen molar-refractivity contribution in [2.24, 2.45) is 0 Å². The molecule has 0 spiro atoms. The Labute approximate surface area is 103 Å². The molecule has 0 saturated heterocycles. The lowest BCUT2D eigenvalue weighted by molar-refractivity contribution is 0.424. The Kier molecular flexibility index (Phi) is 3.16. The molecule has 2 aromatic rings. The van der Waals surface area contributed by atoms with Gasteiger partial charge < -0.3 is 5.32 Å². The van der Waals surface area contributed by atoms with E-state index in [2.05, 4.69) is 61.4 Å². The average molecular weight is 228 g/mol. The van der Waals surface area contributed by atoms with Gasteiger partial charge in [-0.1, -0.05) is 12.1 Å². The molecule has 0 radical (unpaired) electrons. The van der Waals surface area contributed by atoms with E-state index in [1.165, 1.54) is 10.9 Å². The first-order chi connectivity index (χ1) is 7.94. The maximum absolute atomic E-state index is 4.51. The van der Waals surface area contributed by atoms with Crippen LogP contribution in [0.1, 0.15) is 32.0 Å². The van der Waals surface area contributed by atoms with Gasteiger partial charge in [0.1, 0.15) is 0 Å². The molecule has 2 heteroatoms. The second-order valence-electron chi connectivity index (χ2n) is 5.58. The summed E-state index contributed by atoms with van der Waals surface area (Å²) < 4.78 is 0. The highest BCUT2D eigenvalue weighted by atomic mass is 14.9. The molecule has 0 aliphatic rings. The highest BCUT2D eigenvalue weighted by Gasteiger charge is 2.08. The molecule has 0 fully saturated rings. The number of nitrogens with zero attached hydrogens (tertiary/aromatic N) is 1. The van der Waals surface area contributed by atoms with Crippen molar-refractivity contribution in [3.63, 3.8) is 0 Å². The van der Waals surface area contributed by atoms with E-state index in [1.807, 2.05) is 6.92 Å². The molecule has 1 N–H and O–H groups in total. The second-order valence-corrected chi connectivity index (χ2v) is 5.58. The normalized spacial score (nSPS) is 12.0. The smallest absolute Gasteiger partial charge is 0.0705 e. The van der Waals surface area contributed by atoms with Gasteiger partial charge in [0.25, 0.3) is 0 Å². The Balaban J connectivity index is 2.23. The van der Waals surface area contributed by atoms with Crippen molar-refractivity contribution in [2.75, 3.05) is 0 Å². The summed E-state index contributed by atoms with van der Waals surface area (Å²) in [4.78, 5) is 4.51. The average Bonchev–Trinajstić information content (AvgIpc) is 2.25. The molecule has 2 rings (SSSR count). The first-order valence-corrected chi connectivity index (χ1v) is 6.05. The monoisotopic (exact) mass is 228 g/mol. The Bertz CT molecular complexity index is 524. The van der Waals surface area contributed by atoms with Crippen molar-refractivity contribution in [3.8, 4) is 0 Å². The summed E-state index contributed by atoms with van der Waals surface area (Å²) in [6.07, 6.45) is 0. The van der Waals surface area contributed by atoms with Gasteiger partial charge in [-0.15, -0.1) is 0 Å². The van der Waals surface area contributed by atoms with E-state index in [0.717, 1.165) is 17.8 Å². The molecule has 0 unspecified atom stereocenters. The minimum Gasteiger partial charge on any atom is -0.308 e. The fraction of sp³-hybridized carbons (Fsp3) is 0.400. The van der Waals surface area contributed by atoms with E-state index in [-0.39, 0.29) is 5.54 Å². The van der Waals surface area contributed by atoms with Crippen LogP contribution in [0, 0.1) is 6.92 Å². The van der Waals surface area contributed by atoms with Crippen molar-refractivity contribution in [1.82, 2.24) is 10.3 Å². The molecule has 90 valence electrons. The molecular weight excluding hydrogens is 208 g/mol. The van der Waals surface area contributed by atoms with Crippen molar-refractivity contribution in [3.05, 3.63) is 41.6 Å². The molecule has 1 aromatic heterocycles. The molecule has 0 atom stereocenters. The van der Waals surface area contributed by atoms with Crippen molar-refractivity contribution in [1.29, 1.82) is 0 Å². The van der Waals surface area contributed by atoms with Crippen molar-refractivity contribution < 1.29 is 0 Å². The largest absolute Gasteiger partial charge is 0.308 e. The van der Waals surface area contributed by atoms with E-state index >= 15 is 0 Å². The Hall–Kier alpha value is -1.41. The number of benzene rings is 1. The summed E-state index contributed by atoms with van der Waals surface area (Å²) in [5, 5.41) is 4.71. The number of nitrogens with one attached hydrogen (secondary N) is 1. The topological polar surface area (TPSA) is 24.9 Å². The number of hydrogen-bond acceptors (Lipinski definition) is 2. The molecular formula is C15H20N2. The van der Waals surface area contributed by atoms with Crippen LogP contribution < -0.4 is 5.32 Å². The van der Waals surface area contributed by atoms with Gasteiger partial charge >= 0.3 is 0 Å². The van der Waals surface area contributed by atoms with Crippen molar-refractivity contribution in [2.45, 2.75) is 39.8 Å². The van der Waals surface area contributed by atoms with Crippen LogP contribution in [0.15, 0.2) is 30.3 Å². The molecule has 0 amide bonds. The number of rotatable bonds is 2. The van der Waals surface area contributed by atoms with Crippen LogP contribution in [0.25, 0.3) is 10.9 Å². The van der Waals surface area contributed by atoms with Gasteiger partial charge in [0.2, 0.25) is 0 Å². The van der Waals surface area contributed by atoms with Crippen LogP contribution in [0.2, 0.25) is 0 Å². The molecule has 17 heavy (non-hydrogen) atoms. The fourth-order valence-corrected chi connectivity index (χ4v) is 1.75. The van der Waals surface area contributed by atoms with E-state index in [0.29, 0.717) is 0 Å². The molecule has 0 bridgehead atoms. The first-order valence-electron chi connectivity index (χ1n) is 6.05. The Morgan fingerprint density at radius 3 is 2.59 bits per heavy atom. The van der Waals surface area contributed by atoms with Crippen molar-refractivity contribution >= 4 is 10.9 Å². The third kappa shape index (κ3) is 3.27. The third-order valence-electron chi connectivity index (χ3n) is 2.72. The number of hydrogen-bond donors (Lipinski definition) is 1. The molecule has 0 aliphatic carbocycles. The predicted octanol–water partition coefficient (Wildman–Crippen LogP) is 3.43. The summed E-state index contributed by atoms with van der Waals surface area (Å²) in [6.45, 7) is 9.46. The number of aryl methyl sites for hydroxylation is 1. The van der Waals surface area contributed by atoms with Crippen LogP contribution in [0.3, 0.4) is 0 Å². The summed E-state index contributed by atoms with van der Waals surface area (Å²) in [7, 11) is 0. The number of pyridine rings is 1.